The van der Waals surface area contributed by atoms with E-state index in [1.807, 2.05) is 19.1 Å². The molecule has 2 heterocycles. The number of aliphatic hydroxyl groups is 1. The van der Waals surface area contributed by atoms with E-state index in [1.54, 1.807) is 23.2 Å². The molecule has 0 spiro atoms. The Balaban J connectivity index is 1.88. The van der Waals surface area contributed by atoms with Gasteiger partial charge in [0.1, 0.15) is 0 Å². The highest BCUT2D eigenvalue weighted by molar-refractivity contribution is 6.30. The van der Waals surface area contributed by atoms with Crippen LogP contribution in [0.15, 0.2) is 30.5 Å². The second-order valence-electron chi connectivity index (χ2n) is 6.47. The number of benzene rings is 1. The van der Waals surface area contributed by atoms with Crippen LogP contribution in [0.25, 0.3) is 11.3 Å². The molecule has 0 aliphatic carbocycles. The second-order valence-corrected chi connectivity index (χ2v) is 6.90. The molecule has 1 aromatic carbocycles. The van der Waals surface area contributed by atoms with Crippen LogP contribution in [-0.2, 0) is 0 Å². The number of aliphatic hydroxyl groups excluding tert-OH is 1. The Labute approximate surface area is 140 Å². The zero-order valence-corrected chi connectivity index (χ0v) is 13.8. The molecule has 1 fully saturated rings. The van der Waals surface area contributed by atoms with Crippen LogP contribution in [0.3, 0.4) is 0 Å². The molecular formula is C17H20ClN3O2. The van der Waals surface area contributed by atoms with Gasteiger partial charge < -0.3 is 10.0 Å². The van der Waals surface area contributed by atoms with E-state index in [0.29, 0.717) is 29.4 Å². The Bertz CT molecular complexity index is 715. The summed E-state index contributed by atoms with van der Waals surface area (Å²) in [5.41, 5.74) is 1.82. The fraction of sp³-hybridized carbons (Fsp3) is 0.412. The molecule has 0 saturated carbocycles. The Morgan fingerprint density at radius 3 is 3.09 bits per heavy atom. The maximum absolute atomic E-state index is 12.9. The molecule has 5 nitrogen and oxygen atoms in total. The summed E-state index contributed by atoms with van der Waals surface area (Å²) in [4.78, 5) is 14.7. The number of likely N-dealkylation sites (tertiary alicyclic amines) is 1. The number of halogens is 1. The highest BCUT2D eigenvalue weighted by Gasteiger charge is 2.34. The number of aromatic amines is 1. The van der Waals surface area contributed by atoms with Crippen LogP contribution in [0.4, 0.5) is 0 Å². The standard InChI is InChI=1S/C17H20ClN3O2/c1-17(11-22)6-3-7-21(10-17)16(23)14-9-19-20-15(14)12-4-2-5-13(18)8-12/h2,4-5,8-9,22H,3,6-7,10-11H2,1H3,(H,19,20). The SMILES string of the molecule is CC1(CO)CCCN(C(=O)c2cn[nH]c2-c2cccc(Cl)c2)C1. The van der Waals surface area contributed by atoms with Gasteiger partial charge in [0.25, 0.3) is 5.91 Å². The highest BCUT2D eigenvalue weighted by Crippen LogP contribution is 2.31. The van der Waals surface area contributed by atoms with Crippen LogP contribution >= 0.6 is 11.6 Å². The van der Waals surface area contributed by atoms with Gasteiger partial charge in [-0.15, -0.1) is 0 Å². The number of hydrogen-bond acceptors (Lipinski definition) is 3. The summed E-state index contributed by atoms with van der Waals surface area (Å²) in [6.07, 6.45) is 3.39. The first-order valence-electron chi connectivity index (χ1n) is 7.72. The van der Waals surface area contributed by atoms with E-state index >= 15 is 0 Å². The van der Waals surface area contributed by atoms with Crippen LogP contribution in [0.2, 0.25) is 5.02 Å². The average molecular weight is 334 g/mol. The van der Waals surface area contributed by atoms with Crippen molar-refractivity contribution in [3.8, 4) is 11.3 Å². The molecule has 1 unspecified atom stereocenters. The minimum absolute atomic E-state index is 0.0619. The summed E-state index contributed by atoms with van der Waals surface area (Å²) < 4.78 is 0. The van der Waals surface area contributed by atoms with Gasteiger partial charge in [-0.1, -0.05) is 30.7 Å². The fourth-order valence-corrected chi connectivity index (χ4v) is 3.29. The Morgan fingerprint density at radius 1 is 1.52 bits per heavy atom. The molecule has 2 aromatic rings. The fourth-order valence-electron chi connectivity index (χ4n) is 3.10. The van der Waals surface area contributed by atoms with E-state index in [1.165, 1.54) is 0 Å². The van der Waals surface area contributed by atoms with Crippen LogP contribution in [0.1, 0.15) is 30.1 Å². The largest absolute Gasteiger partial charge is 0.396 e. The van der Waals surface area contributed by atoms with E-state index in [9.17, 15) is 9.90 Å². The van der Waals surface area contributed by atoms with Crippen molar-refractivity contribution in [2.24, 2.45) is 5.41 Å². The normalized spacial score (nSPS) is 21.4. The van der Waals surface area contributed by atoms with Crippen LogP contribution in [0, 0.1) is 5.41 Å². The van der Waals surface area contributed by atoms with Crippen molar-refractivity contribution in [3.63, 3.8) is 0 Å². The first-order valence-corrected chi connectivity index (χ1v) is 8.10. The van der Waals surface area contributed by atoms with Gasteiger partial charge in [-0.3, -0.25) is 9.89 Å². The summed E-state index contributed by atoms with van der Waals surface area (Å²) in [7, 11) is 0. The summed E-state index contributed by atoms with van der Waals surface area (Å²) in [6, 6.07) is 7.33. The van der Waals surface area contributed by atoms with Crippen LogP contribution < -0.4 is 0 Å². The predicted molar refractivity (Wildman–Crippen MR) is 89.4 cm³/mol. The highest BCUT2D eigenvalue weighted by atomic mass is 35.5. The topological polar surface area (TPSA) is 69.2 Å². The lowest BCUT2D eigenvalue weighted by Gasteiger charge is -2.39. The molecule has 6 heteroatoms. The number of piperidine rings is 1. The minimum Gasteiger partial charge on any atom is -0.396 e. The maximum Gasteiger partial charge on any atom is 0.257 e. The number of carbonyl (C=O) groups is 1. The molecular weight excluding hydrogens is 314 g/mol. The third-order valence-electron chi connectivity index (χ3n) is 4.43. The van der Waals surface area contributed by atoms with Crippen molar-refractivity contribution in [1.29, 1.82) is 0 Å². The third-order valence-corrected chi connectivity index (χ3v) is 4.67. The van der Waals surface area contributed by atoms with Crippen molar-refractivity contribution >= 4 is 17.5 Å². The van der Waals surface area contributed by atoms with E-state index < -0.39 is 0 Å². The van der Waals surface area contributed by atoms with Crippen molar-refractivity contribution in [2.75, 3.05) is 19.7 Å². The number of hydrogen-bond donors (Lipinski definition) is 2. The number of H-pyrrole nitrogens is 1. The number of carbonyl (C=O) groups excluding carboxylic acids is 1. The second kappa shape index (κ2) is 6.34. The lowest BCUT2D eigenvalue weighted by Crippen LogP contribution is -2.46. The van der Waals surface area contributed by atoms with Gasteiger partial charge in [0.05, 0.1) is 24.1 Å². The summed E-state index contributed by atoms with van der Waals surface area (Å²) in [6.45, 7) is 3.36. The predicted octanol–water partition coefficient (Wildman–Crippen LogP) is 2.96. The van der Waals surface area contributed by atoms with Crippen LogP contribution in [-0.4, -0.2) is 45.8 Å². The smallest absolute Gasteiger partial charge is 0.257 e. The number of nitrogens with one attached hydrogen (secondary N) is 1. The van der Waals surface area contributed by atoms with Gasteiger partial charge in [0, 0.05) is 29.1 Å². The molecule has 2 N–H and O–H groups in total. The van der Waals surface area contributed by atoms with E-state index in [4.69, 9.17) is 11.6 Å². The summed E-state index contributed by atoms with van der Waals surface area (Å²) >= 11 is 6.04. The summed E-state index contributed by atoms with van der Waals surface area (Å²) in [5.74, 6) is -0.0619. The molecule has 0 radical (unpaired) electrons. The number of rotatable bonds is 3. The molecule has 1 aliphatic rings. The van der Waals surface area contributed by atoms with Gasteiger partial charge in [-0.2, -0.15) is 5.10 Å². The quantitative estimate of drug-likeness (QED) is 0.907. The lowest BCUT2D eigenvalue weighted by atomic mass is 9.82. The van der Waals surface area contributed by atoms with Crippen LogP contribution in [0.5, 0.6) is 0 Å². The molecule has 1 aromatic heterocycles. The number of aromatic nitrogens is 2. The van der Waals surface area contributed by atoms with E-state index in [-0.39, 0.29) is 17.9 Å². The molecule has 122 valence electrons. The van der Waals surface area contributed by atoms with Crippen molar-refractivity contribution in [1.82, 2.24) is 15.1 Å². The first-order chi connectivity index (χ1) is 11.0. The van der Waals surface area contributed by atoms with Gasteiger partial charge in [0.2, 0.25) is 0 Å². The first kappa shape index (κ1) is 16.0. The Kier molecular flexibility index (Phi) is 4.41. The monoisotopic (exact) mass is 333 g/mol. The molecule has 1 aliphatic heterocycles. The molecule has 1 saturated heterocycles. The van der Waals surface area contributed by atoms with Crippen molar-refractivity contribution in [3.05, 3.63) is 41.0 Å². The van der Waals surface area contributed by atoms with Gasteiger partial charge in [0.15, 0.2) is 0 Å². The molecule has 1 atom stereocenters. The summed E-state index contributed by atoms with van der Waals surface area (Å²) in [5, 5.41) is 17.1. The van der Waals surface area contributed by atoms with E-state index in [0.717, 1.165) is 18.4 Å². The van der Waals surface area contributed by atoms with Crippen molar-refractivity contribution in [2.45, 2.75) is 19.8 Å². The minimum atomic E-state index is -0.228. The van der Waals surface area contributed by atoms with Gasteiger partial charge >= 0.3 is 0 Å². The third kappa shape index (κ3) is 3.26. The lowest BCUT2D eigenvalue weighted by molar-refractivity contribution is 0.0358. The zero-order chi connectivity index (χ0) is 16.4. The molecule has 0 bridgehead atoms. The molecule has 1 amide bonds. The number of amides is 1. The maximum atomic E-state index is 12.9. The van der Waals surface area contributed by atoms with Crippen molar-refractivity contribution < 1.29 is 9.90 Å². The average Bonchev–Trinajstić information content (AvgIpc) is 3.04. The Hall–Kier alpha value is -1.85. The van der Waals surface area contributed by atoms with Gasteiger partial charge in [-0.25, -0.2) is 0 Å². The Morgan fingerprint density at radius 2 is 2.35 bits per heavy atom. The van der Waals surface area contributed by atoms with Gasteiger partial charge in [-0.05, 0) is 25.0 Å². The number of nitrogens with zero attached hydrogens (tertiary/aromatic N) is 2. The molecule has 23 heavy (non-hydrogen) atoms. The zero-order valence-electron chi connectivity index (χ0n) is 13.1. The van der Waals surface area contributed by atoms with E-state index in [2.05, 4.69) is 10.2 Å². The molecule has 3 rings (SSSR count).